The maximum atomic E-state index is 8.60. The zero-order chi connectivity index (χ0) is 9.84. The second-order valence-electron chi connectivity index (χ2n) is 2.80. The van der Waals surface area contributed by atoms with Crippen molar-refractivity contribution in [2.24, 2.45) is 0 Å². The molecule has 0 bridgehead atoms. The van der Waals surface area contributed by atoms with Crippen LogP contribution in [-0.4, -0.2) is 17.2 Å². The third-order valence-corrected chi connectivity index (χ3v) is 1.94. The average molecular weight is 196 g/mol. The Morgan fingerprint density at radius 1 is 1.38 bits per heavy atom. The summed E-state index contributed by atoms with van der Waals surface area (Å²) in [4.78, 5) is 0. The fraction of sp³-hybridized carbons (Fsp3) is 0.111. The monoisotopic (exact) mass is 196 g/mol. The van der Waals surface area contributed by atoms with Crippen LogP contribution < -0.4 is 0 Å². The van der Waals surface area contributed by atoms with Gasteiger partial charge >= 0.3 is 7.12 Å². The smallest absolute Gasteiger partial charge is 0.424 e. The van der Waals surface area contributed by atoms with Gasteiger partial charge in [0.15, 0.2) is 0 Å². The first-order chi connectivity index (χ1) is 6.09. The highest BCUT2D eigenvalue weighted by atomic mass is 35.5. The van der Waals surface area contributed by atoms with Gasteiger partial charge in [0.1, 0.15) is 0 Å². The molecule has 0 aliphatic heterocycles. The Morgan fingerprint density at radius 3 is 2.69 bits per heavy atom. The molecular formula is C9H10BClO2. The standard InChI is InChI=1S/C9H10BClO2/c1-7-2-3-9(11)8(6-7)4-5-10(12)13/h2-6,12-13H,1H3/b5-4+. The first-order valence-electron chi connectivity index (χ1n) is 3.90. The lowest BCUT2D eigenvalue weighted by Crippen LogP contribution is -2.05. The van der Waals surface area contributed by atoms with Crippen molar-refractivity contribution in [3.8, 4) is 0 Å². The predicted molar refractivity (Wildman–Crippen MR) is 55.4 cm³/mol. The van der Waals surface area contributed by atoms with Gasteiger partial charge in [0, 0.05) is 5.02 Å². The van der Waals surface area contributed by atoms with Crippen molar-refractivity contribution in [3.05, 3.63) is 40.3 Å². The van der Waals surface area contributed by atoms with E-state index >= 15 is 0 Å². The molecule has 0 spiro atoms. The molecular weight excluding hydrogens is 186 g/mol. The van der Waals surface area contributed by atoms with Crippen molar-refractivity contribution in [3.63, 3.8) is 0 Å². The van der Waals surface area contributed by atoms with Crippen LogP contribution in [0.3, 0.4) is 0 Å². The summed E-state index contributed by atoms with van der Waals surface area (Å²) in [5.41, 5.74) is 1.87. The number of aryl methyl sites for hydroxylation is 1. The highest BCUT2D eigenvalue weighted by molar-refractivity contribution is 6.48. The Bertz CT molecular complexity index is 323. The highest BCUT2D eigenvalue weighted by Crippen LogP contribution is 2.18. The minimum Gasteiger partial charge on any atom is -0.424 e. The summed E-state index contributed by atoms with van der Waals surface area (Å²) in [6.45, 7) is 1.95. The molecule has 0 saturated heterocycles. The third-order valence-electron chi connectivity index (χ3n) is 1.60. The van der Waals surface area contributed by atoms with Crippen LogP contribution in [0.5, 0.6) is 0 Å². The largest absolute Gasteiger partial charge is 0.480 e. The van der Waals surface area contributed by atoms with Gasteiger partial charge in [0.2, 0.25) is 0 Å². The van der Waals surface area contributed by atoms with Crippen molar-refractivity contribution >= 4 is 24.8 Å². The first-order valence-corrected chi connectivity index (χ1v) is 4.28. The summed E-state index contributed by atoms with van der Waals surface area (Å²) in [6.07, 6.45) is 1.58. The summed E-state index contributed by atoms with van der Waals surface area (Å²) >= 11 is 5.87. The SMILES string of the molecule is Cc1ccc(Cl)c(/C=C/B(O)O)c1. The first kappa shape index (κ1) is 10.3. The molecule has 0 heterocycles. The van der Waals surface area contributed by atoms with Gasteiger partial charge in [-0.05, 0) is 18.6 Å². The number of hydrogen-bond acceptors (Lipinski definition) is 2. The fourth-order valence-electron chi connectivity index (χ4n) is 0.981. The van der Waals surface area contributed by atoms with Crippen molar-refractivity contribution in [1.29, 1.82) is 0 Å². The van der Waals surface area contributed by atoms with Crippen LogP contribution in [0.15, 0.2) is 24.2 Å². The van der Waals surface area contributed by atoms with Gasteiger partial charge in [-0.1, -0.05) is 41.3 Å². The molecule has 0 amide bonds. The highest BCUT2D eigenvalue weighted by Gasteiger charge is 2.00. The molecule has 0 unspecified atom stereocenters. The van der Waals surface area contributed by atoms with Crippen LogP contribution in [0.2, 0.25) is 5.02 Å². The van der Waals surface area contributed by atoms with Crippen LogP contribution in [0.25, 0.3) is 6.08 Å². The molecule has 2 nitrogen and oxygen atoms in total. The van der Waals surface area contributed by atoms with Gasteiger partial charge in [-0.25, -0.2) is 0 Å². The quantitative estimate of drug-likeness (QED) is 0.707. The predicted octanol–water partition coefficient (Wildman–Crippen LogP) is 1.67. The van der Waals surface area contributed by atoms with E-state index < -0.39 is 7.12 Å². The van der Waals surface area contributed by atoms with Crippen LogP contribution >= 0.6 is 11.6 Å². The maximum Gasteiger partial charge on any atom is 0.480 e. The summed E-state index contributed by atoms with van der Waals surface area (Å²) in [6, 6.07) is 5.55. The van der Waals surface area contributed by atoms with E-state index in [4.69, 9.17) is 21.6 Å². The van der Waals surface area contributed by atoms with Crippen LogP contribution in [0, 0.1) is 6.92 Å². The lowest BCUT2D eigenvalue weighted by atomic mass is 9.90. The van der Waals surface area contributed by atoms with Gasteiger partial charge in [-0.15, -0.1) is 0 Å². The van der Waals surface area contributed by atoms with E-state index in [1.54, 1.807) is 12.1 Å². The Balaban J connectivity index is 2.93. The minimum absolute atomic E-state index is 0.600. The molecule has 0 fully saturated rings. The lowest BCUT2D eigenvalue weighted by molar-refractivity contribution is 0.424. The Morgan fingerprint density at radius 2 is 2.08 bits per heavy atom. The molecule has 13 heavy (non-hydrogen) atoms. The zero-order valence-electron chi connectivity index (χ0n) is 7.24. The Kier molecular flexibility index (Phi) is 3.54. The number of benzene rings is 1. The van der Waals surface area contributed by atoms with E-state index in [-0.39, 0.29) is 0 Å². The van der Waals surface area contributed by atoms with E-state index in [0.717, 1.165) is 11.1 Å². The fourth-order valence-corrected chi connectivity index (χ4v) is 1.16. The van der Waals surface area contributed by atoms with Crippen LogP contribution in [0.4, 0.5) is 0 Å². The normalized spacial score (nSPS) is 10.8. The van der Waals surface area contributed by atoms with Gasteiger partial charge in [0.05, 0.1) is 0 Å². The van der Waals surface area contributed by atoms with E-state index in [1.165, 1.54) is 5.98 Å². The third kappa shape index (κ3) is 3.23. The number of rotatable bonds is 2. The molecule has 0 atom stereocenters. The molecule has 0 aliphatic carbocycles. The van der Waals surface area contributed by atoms with Gasteiger partial charge < -0.3 is 10.0 Å². The summed E-state index contributed by atoms with van der Waals surface area (Å²) in [7, 11) is -1.43. The molecule has 0 radical (unpaired) electrons. The van der Waals surface area contributed by atoms with Crippen molar-refractivity contribution in [2.45, 2.75) is 6.92 Å². The number of hydrogen-bond donors (Lipinski definition) is 2. The molecule has 1 rings (SSSR count). The van der Waals surface area contributed by atoms with Crippen LogP contribution in [-0.2, 0) is 0 Å². The minimum atomic E-state index is -1.43. The molecule has 0 aromatic heterocycles. The lowest BCUT2D eigenvalue weighted by Gasteiger charge is -1.99. The molecule has 2 N–H and O–H groups in total. The number of halogens is 1. The average Bonchev–Trinajstić information content (AvgIpc) is 2.06. The van der Waals surface area contributed by atoms with Gasteiger partial charge in [-0.2, -0.15) is 0 Å². The topological polar surface area (TPSA) is 40.5 Å². The molecule has 1 aromatic rings. The summed E-state index contributed by atoms with van der Waals surface area (Å²) in [5, 5.41) is 17.8. The van der Waals surface area contributed by atoms with Gasteiger partial charge in [-0.3, -0.25) is 0 Å². The molecule has 4 heteroatoms. The summed E-state index contributed by atoms with van der Waals surface area (Å²) < 4.78 is 0. The van der Waals surface area contributed by atoms with Crippen molar-refractivity contribution in [2.75, 3.05) is 0 Å². The van der Waals surface area contributed by atoms with E-state index in [0.29, 0.717) is 5.02 Å². The molecule has 0 aliphatic rings. The Hall–Kier alpha value is -0.765. The molecule has 68 valence electrons. The van der Waals surface area contributed by atoms with Gasteiger partial charge in [0.25, 0.3) is 0 Å². The zero-order valence-corrected chi connectivity index (χ0v) is 7.99. The van der Waals surface area contributed by atoms with Crippen molar-refractivity contribution < 1.29 is 10.0 Å². The van der Waals surface area contributed by atoms with E-state index in [2.05, 4.69) is 0 Å². The molecule has 1 aromatic carbocycles. The second-order valence-corrected chi connectivity index (χ2v) is 3.20. The molecule has 0 saturated carbocycles. The second kappa shape index (κ2) is 4.47. The van der Waals surface area contributed by atoms with Crippen molar-refractivity contribution in [1.82, 2.24) is 0 Å². The van der Waals surface area contributed by atoms with Crippen LogP contribution in [0.1, 0.15) is 11.1 Å². The van der Waals surface area contributed by atoms with E-state index in [1.807, 2.05) is 19.1 Å². The maximum absolute atomic E-state index is 8.60. The summed E-state index contributed by atoms with van der Waals surface area (Å²) in [5.74, 6) is 1.26. The van der Waals surface area contributed by atoms with E-state index in [9.17, 15) is 0 Å². The Labute approximate surface area is 82.6 Å².